The summed E-state index contributed by atoms with van der Waals surface area (Å²) in [5, 5.41) is 24.5. The van der Waals surface area contributed by atoms with Gasteiger partial charge in [0.2, 0.25) is 0 Å². The minimum absolute atomic E-state index is 0.0169. The summed E-state index contributed by atoms with van der Waals surface area (Å²) < 4.78 is 52.6. The van der Waals surface area contributed by atoms with E-state index in [0.717, 1.165) is 0 Å². The SMILES string of the molecule is CC1(NC(=O)c2cc(Cl)c(Nc3cccc(OC(F)F)c3)c(C(=N)C(C)(C)O)c2)CS(=O)(=O)C1. The molecule has 1 amide bonds. The Morgan fingerprint density at radius 2 is 1.91 bits per heavy atom. The average molecular weight is 516 g/mol. The predicted molar refractivity (Wildman–Crippen MR) is 125 cm³/mol. The molecular weight excluding hydrogens is 492 g/mol. The highest BCUT2D eigenvalue weighted by molar-refractivity contribution is 7.93. The van der Waals surface area contributed by atoms with Gasteiger partial charge in [-0.2, -0.15) is 8.78 Å². The van der Waals surface area contributed by atoms with E-state index in [2.05, 4.69) is 15.4 Å². The zero-order chi connectivity index (χ0) is 25.5. The zero-order valence-electron chi connectivity index (χ0n) is 18.6. The van der Waals surface area contributed by atoms with E-state index in [4.69, 9.17) is 17.0 Å². The number of hydrogen-bond acceptors (Lipinski definition) is 7. The van der Waals surface area contributed by atoms with Crippen LogP contribution in [0.5, 0.6) is 5.75 Å². The van der Waals surface area contributed by atoms with Crippen LogP contribution in [0.2, 0.25) is 5.02 Å². The second-order valence-electron chi connectivity index (χ2n) is 8.89. The lowest BCUT2D eigenvalue weighted by Crippen LogP contribution is -2.63. The van der Waals surface area contributed by atoms with Gasteiger partial charge < -0.3 is 25.9 Å². The standard InChI is InChI=1S/C22H24ClF2N3O5S/c1-21(2,30)18(26)15-7-12(19(29)28-22(3)10-34(31,32)11-22)8-16(23)17(15)27-13-5-4-6-14(9-13)33-20(24)25/h4-9,20,26-27,30H,10-11H2,1-3H3,(H,28,29). The first-order valence-electron chi connectivity index (χ1n) is 10.1. The first-order valence-corrected chi connectivity index (χ1v) is 12.3. The number of halogens is 3. The smallest absolute Gasteiger partial charge is 0.387 e. The fourth-order valence-electron chi connectivity index (χ4n) is 3.63. The summed E-state index contributed by atoms with van der Waals surface area (Å²) in [5.74, 6) is -1.08. The molecule has 8 nitrogen and oxygen atoms in total. The molecule has 12 heteroatoms. The van der Waals surface area contributed by atoms with Crippen molar-refractivity contribution in [3.05, 3.63) is 52.5 Å². The molecule has 4 N–H and O–H groups in total. The van der Waals surface area contributed by atoms with Crippen LogP contribution in [-0.4, -0.2) is 54.4 Å². The predicted octanol–water partition coefficient (Wildman–Crippen LogP) is 3.74. The fourth-order valence-corrected chi connectivity index (χ4v) is 5.90. The number of amides is 1. The van der Waals surface area contributed by atoms with Gasteiger partial charge in [-0.3, -0.25) is 4.79 Å². The summed E-state index contributed by atoms with van der Waals surface area (Å²) in [6, 6.07) is 8.36. The number of nitrogens with one attached hydrogen (secondary N) is 3. The summed E-state index contributed by atoms with van der Waals surface area (Å²) in [6.07, 6.45) is 0. The Morgan fingerprint density at radius 1 is 1.26 bits per heavy atom. The fraction of sp³-hybridized carbons (Fsp3) is 0.364. The minimum atomic E-state index is -3.19. The first kappa shape index (κ1) is 25.9. The van der Waals surface area contributed by atoms with Crippen LogP contribution in [-0.2, 0) is 9.84 Å². The van der Waals surface area contributed by atoms with Gasteiger partial charge in [-0.05, 0) is 45.0 Å². The van der Waals surface area contributed by atoms with Crippen LogP contribution in [0.1, 0.15) is 36.7 Å². The van der Waals surface area contributed by atoms with Gasteiger partial charge in [0.25, 0.3) is 5.91 Å². The van der Waals surface area contributed by atoms with Crippen LogP contribution >= 0.6 is 11.6 Å². The van der Waals surface area contributed by atoms with Crippen LogP contribution in [0.25, 0.3) is 0 Å². The van der Waals surface area contributed by atoms with Gasteiger partial charge in [-0.1, -0.05) is 17.7 Å². The molecule has 0 saturated carbocycles. The molecule has 0 radical (unpaired) electrons. The van der Waals surface area contributed by atoms with Crippen molar-refractivity contribution >= 4 is 44.4 Å². The highest BCUT2D eigenvalue weighted by Crippen LogP contribution is 2.34. The molecule has 0 bridgehead atoms. The van der Waals surface area contributed by atoms with E-state index in [9.17, 15) is 27.1 Å². The third-order valence-electron chi connectivity index (χ3n) is 5.05. The lowest BCUT2D eigenvalue weighted by atomic mass is 9.92. The summed E-state index contributed by atoms with van der Waals surface area (Å²) >= 11 is 6.44. The van der Waals surface area contributed by atoms with E-state index < -0.39 is 33.5 Å². The number of carbonyl (C=O) groups excluding carboxylic acids is 1. The van der Waals surface area contributed by atoms with Crippen molar-refractivity contribution in [2.75, 3.05) is 16.8 Å². The summed E-state index contributed by atoms with van der Waals surface area (Å²) in [7, 11) is -3.19. The first-order chi connectivity index (χ1) is 15.6. The Kier molecular flexibility index (Phi) is 6.94. The highest BCUT2D eigenvalue weighted by atomic mass is 35.5. The summed E-state index contributed by atoms with van der Waals surface area (Å²) in [6.45, 7) is 1.37. The molecular formula is C22H24ClF2N3O5S. The Morgan fingerprint density at radius 3 is 2.47 bits per heavy atom. The molecule has 3 rings (SSSR count). The lowest BCUT2D eigenvalue weighted by molar-refractivity contribution is -0.0498. The van der Waals surface area contributed by atoms with Crippen molar-refractivity contribution in [3.63, 3.8) is 0 Å². The van der Waals surface area contributed by atoms with E-state index in [-0.39, 0.29) is 44.8 Å². The van der Waals surface area contributed by atoms with Crippen molar-refractivity contribution < 1.29 is 31.8 Å². The number of ether oxygens (including phenoxy) is 1. The number of anilines is 2. The number of sulfone groups is 1. The quantitative estimate of drug-likeness (QED) is 0.396. The number of aliphatic hydroxyl groups is 1. The molecule has 34 heavy (non-hydrogen) atoms. The number of hydrogen-bond donors (Lipinski definition) is 4. The molecule has 2 aromatic rings. The normalized spacial score (nSPS) is 16.5. The molecule has 2 aromatic carbocycles. The largest absolute Gasteiger partial charge is 0.435 e. The van der Waals surface area contributed by atoms with Crippen molar-refractivity contribution in [2.45, 2.75) is 38.5 Å². The monoisotopic (exact) mass is 515 g/mol. The Labute approximate surface area is 200 Å². The van der Waals surface area contributed by atoms with Crippen LogP contribution in [0.4, 0.5) is 20.2 Å². The molecule has 0 spiro atoms. The summed E-state index contributed by atoms with van der Waals surface area (Å²) in [5.41, 5.74) is -2.16. The molecule has 0 unspecified atom stereocenters. The van der Waals surface area contributed by atoms with Gasteiger partial charge in [0.05, 0.1) is 33.5 Å². The molecule has 1 aliphatic heterocycles. The third kappa shape index (κ3) is 6.02. The van der Waals surface area contributed by atoms with Gasteiger partial charge in [0.15, 0.2) is 9.84 Å². The second-order valence-corrected chi connectivity index (χ2v) is 11.4. The molecule has 1 heterocycles. The number of rotatable bonds is 8. The number of alkyl halides is 2. The van der Waals surface area contributed by atoms with Crippen LogP contribution in [0.15, 0.2) is 36.4 Å². The maximum atomic E-state index is 12.9. The molecule has 184 valence electrons. The maximum Gasteiger partial charge on any atom is 0.387 e. The van der Waals surface area contributed by atoms with E-state index in [1.54, 1.807) is 13.0 Å². The maximum absolute atomic E-state index is 12.9. The van der Waals surface area contributed by atoms with E-state index in [1.165, 1.54) is 44.2 Å². The van der Waals surface area contributed by atoms with Gasteiger partial charge in [0, 0.05) is 22.9 Å². The van der Waals surface area contributed by atoms with Crippen molar-refractivity contribution in [2.24, 2.45) is 0 Å². The number of carbonyl (C=O) groups is 1. The third-order valence-corrected chi connectivity index (χ3v) is 7.51. The van der Waals surface area contributed by atoms with Gasteiger partial charge in [-0.15, -0.1) is 0 Å². The highest BCUT2D eigenvalue weighted by Gasteiger charge is 2.45. The van der Waals surface area contributed by atoms with Gasteiger partial charge in [0.1, 0.15) is 11.4 Å². The molecule has 0 aliphatic carbocycles. The molecule has 0 aromatic heterocycles. The van der Waals surface area contributed by atoms with E-state index in [0.29, 0.717) is 5.69 Å². The zero-order valence-corrected chi connectivity index (χ0v) is 20.2. The molecule has 0 atom stereocenters. The Hall–Kier alpha value is -2.76. The van der Waals surface area contributed by atoms with Crippen LogP contribution in [0, 0.1) is 5.41 Å². The van der Waals surface area contributed by atoms with Crippen molar-refractivity contribution in [1.82, 2.24) is 5.32 Å². The van der Waals surface area contributed by atoms with E-state index >= 15 is 0 Å². The van der Waals surface area contributed by atoms with E-state index in [1.807, 2.05) is 0 Å². The molecule has 1 aliphatic rings. The Balaban J connectivity index is 1.98. The lowest BCUT2D eigenvalue weighted by Gasteiger charge is -2.38. The number of benzene rings is 2. The molecule has 1 saturated heterocycles. The second kappa shape index (κ2) is 9.12. The molecule has 1 fully saturated rings. The van der Waals surface area contributed by atoms with Gasteiger partial charge in [-0.25, -0.2) is 8.42 Å². The topological polar surface area (TPSA) is 129 Å². The Bertz CT molecular complexity index is 1230. The van der Waals surface area contributed by atoms with Crippen molar-refractivity contribution in [1.29, 1.82) is 5.41 Å². The van der Waals surface area contributed by atoms with Crippen LogP contribution in [0.3, 0.4) is 0 Å². The van der Waals surface area contributed by atoms with Crippen LogP contribution < -0.4 is 15.4 Å². The van der Waals surface area contributed by atoms with Gasteiger partial charge >= 0.3 is 6.61 Å². The minimum Gasteiger partial charge on any atom is -0.435 e. The van der Waals surface area contributed by atoms with Crippen molar-refractivity contribution in [3.8, 4) is 5.75 Å². The summed E-state index contributed by atoms with van der Waals surface area (Å²) in [4.78, 5) is 12.9. The average Bonchev–Trinajstić information content (AvgIpc) is 2.66.